The Morgan fingerprint density at radius 3 is 2.69 bits per heavy atom. The number of amides is 3. The molecule has 164 valence electrons. The first-order valence-corrected chi connectivity index (χ1v) is 10.4. The first kappa shape index (κ1) is 21.4. The molecule has 32 heavy (non-hydrogen) atoms. The lowest BCUT2D eigenvalue weighted by Gasteiger charge is -2.22. The van der Waals surface area contributed by atoms with Gasteiger partial charge < -0.3 is 20.3 Å². The standard InChI is InChI=1S/C24H24N4O4/c1-24(2,3)32-23(31)27-20-10-15-8-17-13-28(18-6-4-5-14(7-18)11-25)22(30)19(17)9-16(15)12-26-21(20)29/h4-9,20H,10,12-13H2,1-3H3,(H,26,29)(H,27,31)/t20-/m0/s1. The van der Waals surface area contributed by atoms with Gasteiger partial charge in [0.1, 0.15) is 11.6 Å². The molecule has 0 fully saturated rings. The Bertz CT molecular complexity index is 1160. The van der Waals surface area contributed by atoms with E-state index in [1.807, 2.05) is 12.1 Å². The van der Waals surface area contributed by atoms with Crippen LogP contribution in [0.4, 0.5) is 10.5 Å². The van der Waals surface area contributed by atoms with Gasteiger partial charge in [0, 0.05) is 24.2 Å². The van der Waals surface area contributed by atoms with Gasteiger partial charge in [-0.05, 0) is 61.7 Å². The molecule has 0 saturated heterocycles. The summed E-state index contributed by atoms with van der Waals surface area (Å²) in [7, 11) is 0. The number of alkyl carbamates (subject to hydrolysis) is 1. The Hall–Kier alpha value is -3.86. The minimum absolute atomic E-state index is 0.142. The molecule has 0 radical (unpaired) electrons. The molecule has 0 bridgehead atoms. The van der Waals surface area contributed by atoms with Crippen molar-refractivity contribution in [2.45, 2.75) is 51.9 Å². The van der Waals surface area contributed by atoms with E-state index < -0.39 is 17.7 Å². The average molecular weight is 432 g/mol. The van der Waals surface area contributed by atoms with Crippen LogP contribution in [0.15, 0.2) is 36.4 Å². The fourth-order valence-corrected chi connectivity index (χ4v) is 3.95. The van der Waals surface area contributed by atoms with Crippen LogP contribution in [0.5, 0.6) is 0 Å². The van der Waals surface area contributed by atoms with E-state index in [9.17, 15) is 14.4 Å². The third kappa shape index (κ3) is 4.28. The number of anilines is 1. The van der Waals surface area contributed by atoms with E-state index in [-0.39, 0.29) is 18.4 Å². The van der Waals surface area contributed by atoms with Crippen LogP contribution in [0.3, 0.4) is 0 Å². The average Bonchev–Trinajstić information content (AvgIpc) is 2.96. The number of ether oxygens (including phenoxy) is 1. The highest BCUT2D eigenvalue weighted by atomic mass is 16.6. The molecule has 2 aromatic carbocycles. The van der Waals surface area contributed by atoms with Crippen LogP contribution in [0.2, 0.25) is 0 Å². The maximum atomic E-state index is 13.1. The first-order chi connectivity index (χ1) is 15.1. The summed E-state index contributed by atoms with van der Waals surface area (Å²) in [6, 6.07) is 12.0. The van der Waals surface area contributed by atoms with Gasteiger partial charge in [-0.3, -0.25) is 9.59 Å². The maximum Gasteiger partial charge on any atom is 0.408 e. The number of hydrogen-bond donors (Lipinski definition) is 2. The molecule has 2 N–H and O–H groups in total. The molecule has 2 aliphatic rings. The Morgan fingerprint density at radius 1 is 1.19 bits per heavy atom. The summed E-state index contributed by atoms with van der Waals surface area (Å²) < 4.78 is 5.28. The van der Waals surface area contributed by atoms with Gasteiger partial charge in [0.25, 0.3) is 5.91 Å². The van der Waals surface area contributed by atoms with Crippen molar-refractivity contribution < 1.29 is 19.1 Å². The lowest BCUT2D eigenvalue weighted by Crippen LogP contribution is -2.48. The van der Waals surface area contributed by atoms with E-state index >= 15 is 0 Å². The normalized spacial score (nSPS) is 17.6. The minimum Gasteiger partial charge on any atom is -0.444 e. The molecule has 8 nitrogen and oxygen atoms in total. The van der Waals surface area contributed by atoms with Crippen molar-refractivity contribution in [1.29, 1.82) is 5.26 Å². The van der Waals surface area contributed by atoms with Crippen molar-refractivity contribution >= 4 is 23.6 Å². The number of carbonyl (C=O) groups excluding carboxylic acids is 3. The zero-order chi connectivity index (χ0) is 23.0. The number of nitriles is 1. The molecule has 4 rings (SSSR count). The number of carbonyl (C=O) groups is 3. The number of benzene rings is 2. The number of nitrogens with one attached hydrogen (secondary N) is 2. The smallest absolute Gasteiger partial charge is 0.408 e. The SMILES string of the molecule is CC(C)(C)OC(=O)N[C@H]1Cc2cc3c(cc2CNC1=O)C(=O)N(c1cccc(C#N)c1)C3. The minimum atomic E-state index is -0.773. The largest absolute Gasteiger partial charge is 0.444 e. The lowest BCUT2D eigenvalue weighted by molar-refractivity contribution is -0.123. The first-order valence-electron chi connectivity index (χ1n) is 10.4. The van der Waals surface area contributed by atoms with E-state index in [0.29, 0.717) is 29.8 Å². The fraction of sp³-hybridized carbons (Fsp3) is 0.333. The van der Waals surface area contributed by atoms with E-state index in [4.69, 9.17) is 10.00 Å². The molecule has 0 aliphatic carbocycles. The molecule has 3 amide bonds. The number of nitrogens with zero attached hydrogens (tertiary/aromatic N) is 2. The zero-order valence-electron chi connectivity index (χ0n) is 18.2. The maximum absolute atomic E-state index is 13.1. The van der Waals surface area contributed by atoms with Crippen LogP contribution in [-0.4, -0.2) is 29.6 Å². The molecule has 2 aromatic rings. The van der Waals surface area contributed by atoms with Crippen LogP contribution >= 0.6 is 0 Å². The summed E-state index contributed by atoms with van der Waals surface area (Å²) in [5, 5.41) is 14.6. The molecule has 8 heteroatoms. The molecule has 2 heterocycles. The summed E-state index contributed by atoms with van der Waals surface area (Å²) in [6.07, 6.45) is -0.354. The van der Waals surface area contributed by atoms with Gasteiger partial charge in [-0.1, -0.05) is 12.1 Å². The highest BCUT2D eigenvalue weighted by Crippen LogP contribution is 2.32. The topological polar surface area (TPSA) is 112 Å². The van der Waals surface area contributed by atoms with Gasteiger partial charge >= 0.3 is 6.09 Å². The van der Waals surface area contributed by atoms with Crippen molar-refractivity contribution in [3.05, 3.63) is 64.2 Å². The van der Waals surface area contributed by atoms with Gasteiger partial charge in [0.2, 0.25) is 5.91 Å². The van der Waals surface area contributed by atoms with E-state index in [1.165, 1.54) is 0 Å². The Morgan fingerprint density at radius 2 is 1.97 bits per heavy atom. The molecule has 0 spiro atoms. The zero-order valence-corrected chi connectivity index (χ0v) is 18.2. The van der Waals surface area contributed by atoms with E-state index in [1.54, 1.807) is 49.9 Å². The van der Waals surface area contributed by atoms with Crippen LogP contribution in [0.25, 0.3) is 0 Å². The highest BCUT2D eigenvalue weighted by Gasteiger charge is 2.33. The van der Waals surface area contributed by atoms with E-state index in [0.717, 1.165) is 16.7 Å². The predicted octanol–water partition coefficient (Wildman–Crippen LogP) is 2.78. The number of fused-ring (bicyclic) bond motifs is 2. The monoisotopic (exact) mass is 432 g/mol. The molecular formula is C24H24N4O4. The van der Waals surface area contributed by atoms with Crippen LogP contribution in [-0.2, 0) is 29.0 Å². The van der Waals surface area contributed by atoms with Crippen molar-refractivity contribution in [3.63, 3.8) is 0 Å². The van der Waals surface area contributed by atoms with Gasteiger partial charge in [-0.25, -0.2) is 4.79 Å². The van der Waals surface area contributed by atoms with Crippen molar-refractivity contribution in [2.75, 3.05) is 4.90 Å². The van der Waals surface area contributed by atoms with Gasteiger partial charge in [0.15, 0.2) is 0 Å². The van der Waals surface area contributed by atoms with Gasteiger partial charge in [-0.2, -0.15) is 5.26 Å². The second-order valence-electron chi connectivity index (χ2n) is 8.95. The number of hydrogen-bond acceptors (Lipinski definition) is 5. The second-order valence-corrected chi connectivity index (χ2v) is 8.95. The molecular weight excluding hydrogens is 408 g/mol. The molecule has 2 aliphatic heterocycles. The summed E-state index contributed by atoms with van der Waals surface area (Å²) >= 11 is 0. The van der Waals surface area contributed by atoms with Crippen LogP contribution in [0, 0.1) is 11.3 Å². The molecule has 0 saturated carbocycles. The molecule has 1 atom stereocenters. The quantitative estimate of drug-likeness (QED) is 0.758. The van der Waals surface area contributed by atoms with Crippen LogP contribution in [0.1, 0.15) is 53.4 Å². The van der Waals surface area contributed by atoms with Crippen molar-refractivity contribution in [2.24, 2.45) is 0 Å². The second kappa shape index (κ2) is 8.00. The van der Waals surface area contributed by atoms with E-state index in [2.05, 4.69) is 16.7 Å². The Balaban J connectivity index is 1.58. The summed E-state index contributed by atoms with van der Waals surface area (Å²) in [5.41, 5.74) is 3.64. The fourth-order valence-electron chi connectivity index (χ4n) is 3.95. The third-order valence-electron chi connectivity index (χ3n) is 5.40. The Kier molecular flexibility index (Phi) is 5.35. The summed E-state index contributed by atoms with van der Waals surface area (Å²) in [5.74, 6) is -0.439. The summed E-state index contributed by atoms with van der Waals surface area (Å²) in [4.78, 5) is 39.4. The predicted molar refractivity (Wildman–Crippen MR) is 117 cm³/mol. The molecule has 0 unspecified atom stereocenters. The van der Waals surface area contributed by atoms with Gasteiger partial charge in [0.05, 0.1) is 18.2 Å². The summed E-state index contributed by atoms with van der Waals surface area (Å²) in [6.45, 7) is 5.92. The molecule has 0 aromatic heterocycles. The van der Waals surface area contributed by atoms with Crippen LogP contribution < -0.4 is 15.5 Å². The lowest BCUT2D eigenvalue weighted by atomic mass is 9.96. The third-order valence-corrected chi connectivity index (χ3v) is 5.40. The van der Waals surface area contributed by atoms with Crippen molar-refractivity contribution in [3.8, 4) is 6.07 Å². The van der Waals surface area contributed by atoms with Crippen molar-refractivity contribution in [1.82, 2.24) is 10.6 Å². The number of rotatable bonds is 2. The Labute approximate surface area is 186 Å². The highest BCUT2D eigenvalue weighted by molar-refractivity contribution is 6.10. The van der Waals surface area contributed by atoms with Gasteiger partial charge in [-0.15, -0.1) is 0 Å².